The maximum Gasteiger partial charge on any atom is 0.337 e. The lowest BCUT2D eigenvalue weighted by Gasteiger charge is -2.35. The van der Waals surface area contributed by atoms with Gasteiger partial charge in [0.15, 0.2) is 5.76 Å². The van der Waals surface area contributed by atoms with E-state index >= 15 is 0 Å². The molecule has 0 unspecified atom stereocenters. The number of rotatable bonds is 3. The van der Waals surface area contributed by atoms with E-state index in [0.29, 0.717) is 31.9 Å². The average molecular weight is 301 g/mol. The van der Waals surface area contributed by atoms with Crippen molar-refractivity contribution < 1.29 is 19.1 Å². The minimum atomic E-state index is -0.993. The zero-order chi connectivity index (χ0) is 15.5. The average Bonchev–Trinajstić information content (AvgIpc) is 3.09. The van der Waals surface area contributed by atoms with Crippen molar-refractivity contribution in [2.24, 2.45) is 0 Å². The zero-order valence-electron chi connectivity index (χ0n) is 11.8. The van der Waals surface area contributed by atoms with Crippen LogP contribution >= 0.6 is 0 Å². The molecule has 1 fully saturated rings. The number of carboxylic acid groups (broad SMARTS) is 1. The summed E-state index contributed by atoms with van der Waals surface area (Å²) in [6.07, 6.45) is 2.83. The standard InChI is InChI=1S/C15H15N3O4/c19-14(12-2-1-9-22-12)18-7-5-17(6-8-18)13-4-3-11(10-16-13)15(20)21/h1-4,9-10H,5-8H2,(H,20,21). The van der Waals surface area contributed by atoms with Crippen LogP contribution in [-0.4, -0.2) is 53.0 Å². The van der Waals surface area contributed by atoms with Crippen LogP contribution in [0.4, 0.5) is 5.82 Å². The molecule has 2 aromatic rings. The van der Waals surface area contributed by atoms with E-state index in [2.05, 4.69) is 4.98 Å². The number of carbonyl (C=O) groups is 2. The lowest BCUT2D eigenvalue weighted by Crippen LogP contribution is -2.49. The summed E-state index contributed by atoms with van der Waals surface area (Å²) in [5.74, 6) is -0.0424. The number of carbonyl (C=O) groups excluding carboxylic acids is 1. The summed E-state index contributed by atoms with van der Waals surface area (Å²) in [6.45, 7) is 2.43. The highest BCUT2D eigenvalue weighted by Crippen LogP contribution is 2.15. The van der Waals surface area contributed by atoms with Crippen LogP contribution in [0.1, 0.15) is 20.9 Å². The van der Waals surface area contributed by atoms with Crippen molar-refractivity contribution in [3.8, 4) is 0 Å². The molecule has 7 heteroatoms. The fraction of sp³-hybridized carbons (Fsp3) is 0.267. The van der Waals surface area contributed by atoms with Crippen molar-refractivity contribution in [3.63, 3.8) is 0 Å². The summed E-state index contributed by atoms with van der Waals surface area (Å²) < 4.78 is 5.12. The molecule has 0 saturated carbocycles. The van der Waals surface area contributed by atoms with Gasteiger partial charge in [-0.15, -0.1) is 0 Å². The van der Waals surface area contributed by atoms with Gasteiger partial charge in [0, 0.05) is 32.4 Å². The van der Waals surface area contributed by atoms with Crippen LogP contribution in [0.3, 0.4) is 0 Å². The molecule has 0 spiro atoms. The van der Waals surface area contributed by atoms with Gasteiger partial charge in [-0.1, -0.05) is 0 Å². The van der Waals surface area contributed by atoms with Gasteiger partial charge in [0.25, 0.3) is 5.91 Å². The number of aromatic carboxylic acids is 1. The number of nitrogens with zero attached hydrogens (tertiary/aromatic N) is 3. The van der Waals surface area contributed by atoms with E-state index in [-0.39, 0.29) is 11.5 Å². The Labute approximate surface area is 126 Å². The molecular weight excluding hydrogens is 286 g/mol. The fourth-order valence-electron chi connectivity index (χ4n) is 2.39. The third-order valence-corrected chi connectivity index (χ3v) is 3.62. The third kappa shape index (κ3) is 2.78. The number of carboxylic acids is 1. The Kier molecular flexibility index (Phi) is 3.78. The highest BCUT2D eigenvalue weighted by atomic mass is 16.4. The molecular formula is C15H15N3O4. The quantitative estimate of drug-likeness (QED) is 0.920. The Balaban J connectivity index is 1.62. The number of anilines is 1. The van der Waals surface area contributed by atoms with E-state index in [1.165, 1.54) is 18.5 Å². The first-order chi connectivity index (χ1) is 10.6. The first kappa shape index (κ1) is 14.1. The predicted octanol–water partition coefficient (Wildman–Crippen LogP) is 1.34. The SMILES string of the molecule is O=C(O)c1ccc(N2CCN(C(=O)c3ccco3)CC2)nc1. The lowest BCUT2D eigenvalue weighted by atomic mass is 10.2. The van der Waals surface area contributed by atoms with Gasteiger partial charge >= 0.3 is 5.97 Å². The summed E-state index contributed by atoms with van der Waals surface area (Å²) in [5.41, 5.74) is 0.162. The topological polar surface area (TPSA) is 86.9 Å². The predicted molar refractivity (Wildman–Crippen MR) is 78.0 cm³/mol. The van der Waals surface area contributed by atoms with E-state index < -0.39 is 5.97 Å². The van der Waals surface area contributed by atoms with Crippen LogP contribution in [-0.2, 0) is 0 Å². The molecule has 0 radical (unpaired) electrons. The van der Waals surface area contributed by atoms with Gasteiger partial charge in [0.05, 0.1) is 11.8 Å². The molecule has 1 aliphatic heterocycles. The molecule has 0 atom stereocenters. The van der Waals surface area contributed by atoms with Crippen LogP contribution in [0.25, 0.3) is 0 Å². The Morgan fingerprint density at radius 3 is 2.45 bits per heavy atom. The van der Waals surface area contributed by atoms with Gasteiger partial charge in [-0.05, 0) is 24.3 Å². The van der Waals surface area contributed by atoms with E-state index in [9.17, 15) is 9.59 Å². The number of pyridine rings is 1. The second kappa shape index (κ2) is 5.88. The van der Waals surface area contributed by atoms with E-state index in [1.54, 1.807) is 23.1 Å². The van der Waals surface area contributed by atoms with Crippen LogP contribution < -0.4 is 4.90 Å². The molecule has 22 heavy (non-hydrogen) atoms. The fourth-order valence-corrected chi connectivity index (χ4v) is 2.39. The van der Waals surface area contributed by atoms with E-state index in [4.69, 9.17) is 9.52 Å². The molecule has 0 aliphatic carbocycles. The van der Waals surface area contributed by atoms with Gasteiger partial charge in [0.1, 0.15) is 5.82 Å². The molecule has 0 bridgehead atoms. The van der Waals surface area contributed by atoms with Gasteiger partial charge in [-0.25, -0.2) is 9.78 Å². The normalized spacial score (nSPS) is 14.9. The maximum absolute atomic E-state index is 12.2. The Hall–Kier alpha value is -2.83. The van der Waals surface area contributed by atoms with Crippen molar-refractivity contribution in [3.05, 3.63) is 48.0 Å². The van der Waals surface area contributed by atoms with Gasteiger partial charge in [-0.3, -0.25) is 4.79 Å². The van der Waals surface area contributed by atoms with Crippen LogP contribution in [0, 0.1) is 0 Å². The number of amides is 1. The van der Waals surface area contributed by atoms with Crippen molar-refractivity contribution in [2.45, 2.75) is 0 Å². The second-order valence-electron chi connectivity index (χ2n) is 4.97. The molecule has 1 amide bonds. The first-order valence-corrected chi connectivity index (χ1v) is 6.92. The number of hydrogen-bond acceptors (Lipinski definition) is 5. The molecule has 3 heterocycles. The molecule has 1 saturated heterocycles. The summed E-state index contributed by atoms with van der Waals surface area (Å²) in [7, 11) is 0. The van der Waals surface area contributed by atoms with E-state index in [0.717, 1.165) is 5.82 Å². The summed E-state index contributed by atoms with van der Waals surface area (Å²) in [6, 6.07) is 6.57. The molecule has 2 aromatic heterocycles. The number of hydrogen-bond donors (Lipinski definition) is 1. The Bertz CT molecular complexity index is 659. The molecule has 1 N–H and O–H groups in total. The lowest BCUT2D eigenvalue weighted by molar-refractivity contribution is 0.0692. The zero-order valence-corrected chi connectivity index (χ0v) is 11.8. The number of furan rings is 1. The van der Waals surface area contributed by atoms with Gasteiger partial charge < -0.3 is 19.3 Å². The van der Waals surface area contributed by atoms with Crippen molar-refractivity contribution >= 4 is 17.7 Å². The maximum atomic E-state index is 12.2. The minimum absolute atomic E-state index is 0.112. The van der Waals surface area contributed by atoms with Crippen molar-refractivity contribution in [1.82, 2.24) is 9.88 Å². The summed E-state index contributed by atoms with van der Waals surface area (Å²) in [4.78, 5) is 30.9. The highest BCUT2D eigenvalue weighted by Gasteiger charge is 2.24. The molecule has 0 aromatic carbocycles. The molecule has 1 aliphatic rings. The summed E-state index contributed by atoms with van der Waals surface area (Å²) in [5, 5.41) is 8.87. The minimum Gasteiger partial charge on any atom is -0.478 e. The van der Waals surface area contributed by atoms with Crippen LogP contribution in [0.2, 0.25) is 0 Å². The second-order valence-corrected chi connectivity index (χ2v) is 4.97. The highest BCUT2D eigenvalue weighted by molar-refractivity contribution is 5.91. The number of aromatic nitrogens is 1. The molecule has 114 valence electrons. The van der Waals surface area contributed by atoms with Crippen molar-refractivity contribution in [1.29, 1.82) is 0 Å². The molecule has 7 nitrogen and oxygen atoms in total. The Morgan fingerprint density at radius 2 is 1.91 bits per heavy atom. The van der Waals surface area contributed by atoms with Crippen LogP contribution in [0.5, 0.6) is 0 Å². The molecule has 3 rings (SSSR count). The largest absolute Gasteiger partial charge is 0.478 e. The van der Waals surface area contributed by atoms with Gasteiger partial charge in [-0.2, -0.15) is 0 Å². The smallest absolute Gasteiger partial charge is 0.337 e. The van der Waals surface area contributed by atoms with Crippen molar-refractivity contribution in [2.75, 3.05) is 31.1 Å². The van der Waals surface area contributed by atoms with Gasteiger partial charge in [0.2, 0.25) is 0 Å². The first-order valence-electron chi connectivity index (χ1n) is 6.92. The summed E-state index contributed by atoms with van der Waals surface area (Å²) >= 11 is 0. The Morgan fingerprint density at radius 1 is 1.14 bits per heavy atom. The van der Waals surface area contributed by atoms with Crippen LogP contribution in [0.15, 0.2) is 41.1 Å². The number of piperazine rings is 1. The monoisotopic (exact) mass is 301 g/mol. The van der Waals surface area contributed by atoms with E-state index in [1.807, 2.05) is 4.90 Å². The third-order valence-electron chi connectivity index (χ3n) is 3.62.